The molecular weight excluding hydrogens is 1000 g/mol. The molecule has 0 N–H and O–H groups in total. The Labute approximate surface area is 470 Å². The number of aromatic nitrogens is 8. The molecule has 0 aliphatic rings. The molecule has 82 heavy (non-hydrogen) atoms. The first-order valence-electron chi connectivity index (χ1n) is 27.7. The monoisotopic (exact) mass is 1050 g/mol. The first-order chi connectivity index (χ1) is 40.7. The van der Waals surface area contributed by atoms with E-state index in [4.69, 9.17) is 19.9 Å². The highest BCUT2D eigenvalue weighted by Crippen LogP contribution is 2.43. The fourth-order valence-corrected chi connectivity index (χ4v) is 12.8. The van der Waals surface area contributed by atoms with Crippen LogP contribution in [-0.4, -0.2) is 38.2 Å². The van der Waals surface area contributed by atoms with Gasteiger partial charge in [-0.1, -0.05) is 188 Å². The van der Waals surface area contributed by atoms with Crippen molar-refractivity contribution in [3.8, 4) is 68.3 Å². The van der Waals surface area contributed by atoms with Crippen molar-refractivity contribution in [2.24, 2.45) is 0 Å². The molecular formula is C74H46N8. The normalized spacial score (nSPS) is 11.9. The van der Waals surface area contributed by atoms with E-state index in [9.17, 15) is 0 Å². The van der Waals surface area contributed by atoms with Gasteiger partial charge in [0, 0.05) is 82.4 Å². The van der Waals surface area contributed by atoms with Crippen LogP contribution < -0.4 is 0 Å². The van der Waals surface area contributed by atoms with Gasteiger partial charge in [0.05, 0.1) is 49.8 Å². The lowest BCUT2D eigenvalue weighted by molar-refractivity contribution is 1.07. The summed E-state index contributed by atoms with van der Waals surface area (Å²) in [5.74, 6) is 2.61. The van der Waals surface area contributed by atoms with Crippen LogP contribution in [0.25, 0.3) is 156 Å². The minimum atomic E-state index is 0.580. The lowest BCUT2D eigenvalue weighted by Crippen LogP contribution is -2.02. The SMILES string of the molecule is c1ccc(-c2nc(-c3cccc(-n4c5ccccc5c5ccccc54)c3)nc(-c3cccc(-n4c5ccccc5c5ccc6c7ccccc7n(-c7cccc(-c8ccc9c(c8)c8ccccc8n9-c8ccccc8)n7)c6c54)c3)n2)cc1. The molecule has 0 saturated heterocycles. The molecule has 382 valence electrons. The summed E-state index contributed by atoms with van der Waals surface area (Å²) in [5, 5.41) is 9.40. The number of hydrogen-bond donors (Lipinski definition) is 0. The van der Waals surface area contributed by atoms with Crippen LogP contribution in [0, 0.1) is 0 Å². The third kappa shape index (κ3) is 7.05. The van der Waals surface area contributed by atoms with E-state index in [0.717, 1.165) is 111 Å². The summed E-state index contributed by atoms with van der Waals surface area (Å²) in [6.45, 7) is 0. The van der Waals surface area contributed by atoms with Crippen LogP contribution in [0.5, 0.6) is 0 Å². The van der Waals surface area contributed by atoms with Gasteiger partial charge in [-0.25, -0.2) is 19.9 Å². The number of pyridine rings is 1. The van der Waals surface area contributed by atoms with Crippen LogP contribution in [0.3, 0.4) is 0 Å². The van der Waals surface area contributed by atoms with Crippen LogP contribution in [-0.2, 0) is 0 Å². The molecule has 6 heterocycles. The Bertz CT molecular complexity index is 5360. The van der Waals surface area contributed by atoms with Gasteiger partial charge in [-0.2, -0.15) is 0 Å². The van der Waals surface area contributed by atoms with Crippen LogP contribution in [0.2, 0.25) is 0 Å². The maximum Gasteiger partial charge on any atom is 0.164 e. The summed E-state index contributed by atoms with van der Waals surface area (Å²) in [7, 11) is 0. The van der Waals surface area contributed by atoms with Crippen LogP contribution in [0.15, 0.2) is 279 Å². The van der Waals surface area contributed by atoms with Crippen molar-refractivity contribution in [2.45, 2.75) is 0 Å². The molecule has 0 unspecified atom stereocenters. The van der Waals surface area contributed by atoms with Gasteiger partial charge < -0.3 is 13.7 Å². The van der Waals surface area contributed by atoms with Gasteiger partial charge in [-0.3, -0.25) is 4.57 Å². The number of nitrogens with zero attached hydrogens (tertiary/aromatic N) is 8. The van der Waals surface area contributed by atoms with Crippen LogP contribution in [0.1, 0.15) is 0 Å². The zero-order chi connectivity index (χ0) is 53.8. The molecule has 0 aliphatic heterocycles. The van der Waals surface area contributed by atoms with Crippen molar-refractivity contribution in [2.75, 3.05) is 0 Å². The molecule has 6 aromatic heterocycles. The molecule has 0 fully saturated rings. The third-order valence-electron chi connectivity index (χ3n) is 16.4. The van der Waals surface area contributed by atoms with Crippen molar-refractivity contribution in [1.29, 1.82) is 0 Å². The fraction of sp³-hybridized carbons (Fsp3) is 0. The molecule has 17 aromatic rings. The zero-order valence-corrected chi connectivity index (χ0v) is 44.1. The lowest BCUT2D eigenvalue weighted by Gasteiger charge is -2.14. The van der Waals surface area contributed by atoms with Gasteiger partial charge in [0.2, 0.25) is 0 Å². The number of benzene rings is 11. The molecule has 0 radical (unpaired) electrons. The highest BCUT2D eigenvalue weighted by atomic mass is 15.1. The topological polar surface area (TPSA) is 71.3 Å². The summed E-state index contributed by atoms with van der Waals surface area (Å²) >= 11 is 0. The van der Waals surface area contributed by atoms with Crippen molar-refractivity contribution >= 4 is 87.2 Å². The second-order valence-electron chi connectivity index (χ2n) is 21.0. The van der Waals surface area contributed by atoms with Crippen molar-refractivity contribution in [3.63, 3.8) is 0 Å². The molecule has 0 spiro atoms. The van der Waals surface area contributed by atoms with Gasteiger partial charge in [0.15, 0.2) is 17.5 Å². The van der Waals surface area contributed by atoms with Crippen molar-refractivity contribution in [1.82, 2.24) is 38.2 Å². The van der Waals surface area contributed by atoms with E-state index in [0.29, 0.717) is 17.5 Å². The van der Waals surface area contributed by atoms with Gasteiger partial charge in [0.25, 0.3) is 0 Å². The molecule has 8 heteroatoms. The number of para-hydroxylation sites is 6. The van der Waals surface area contributed by atoms with Crippen LogP contribution in [0.4, 0.5) is 0 Å². The van der Waals surface area contributed by atoms with E-state index in [-0.39, 0.29) is 0 Å². The first kappa shape index (κ1) is 45.8. The van der Waals surface area contributed by atoms with Gasteiger partial charge >= 0.3 is 0 Å². The third-order valence-corrected chi connectivity index (χ3v) is 16.4. The highest BCUT2D eigenvalue weighted by molar-refractivity contribution is 6.24. The molecule has 0 aliphatic carbocycles. The average Bonchev–Trinajstić information content (AvgIpc) is 3.40. The summed E-state index contributed by atoms with van der Waals surface area (Å²) in [6.07, 6.45) is 0. The standard InChI is InChI=1S/C74H46N8/c1-3-20-47(21-4-1)72-76-73(49-22-17-26-52(44-49)80-63-34-12-7-28-54(63)55-29-8-13-35-64(55)80)78-74(77-72)50-23-18-27-53(45-50)81-66-37-15-9-30-56(66)59-41-42-60-57-31-10-16-38-67(57)82(71(60)70(59)81)69-39-19-33-62(75-69)48-40-43-68-61(46-48)58-32-11-14-36-65(58)79(68)51-24-5-2-6-25-51/h1-46H. The van der Waals surface area contributed by atoms with E-state index in [1.165, 1.54) is 27.1 Å². The molecule has 11 aromatic carbocycles. The quantitative estimate of drug-likeness (QED) is 0.152. The second-order valence-corrected chi connectivity index (χ2v) is 21.0. The largest absolute Gasteiger partial charge is 0.309 e. The Balaban J connectivity index is 0.843. The Morgan fingerprint density at radius 3 is 1.17 bits per heavy atom. The average molecular weight is 1050 g/mol. The van der Waals surface area contributed by atoms with E-state index in [1.807, 2.05) is 18.2 Å². The smallest absolute Gasteiger partial charge is 0.164 e. The predicted molar refractivity (Wildman–Crippen MR) is 337 cm³/mol. The minimum absolute atomic E-state index is 0.580. The summed E-state index contributed by atoms with van der Waals surface area (Å²) in [4.78, 5) is 21.4. The molecule has 17 rings (SSSR count). The highest BCUT2D eigenvalue weighted by Gasteiger charge is 2.24. The van der Waals surface area contributed by atoms with E-state index in [2.05, 4.69) is 279 Å². The summed E-state index contributed by atoms with van der Waals surface area (Å²) in [5.41, 5.74) is 16.7. The Morgan fingerprint density at radius 2 is 0.598 bits per heavy atom. The Kier molecular flexibility index (Phi) is 10.1. The van der Waals surface area contributed by atoms with Crippen molar-refractivity contribution < 1.29 is 0 Å². The maximum atomic E-state index is 5.59. The first-order valence-corrected chi connectivity index (χ1v) is 27.7. The zero-order valence-electron chi connectivity index (χ0n) is 44.1. The molecule has 0 amide bonds. The number of hydrogen-bond acceptors (Lipinski definition) is 4. The van der Waals surface area contributed by atoms with Gasteiger partial charge in [-0.15, -0.1) is 0 Å². The van der Waals surface area contributed by atoms with Gasteiger partial charge in [0.1, 0.15) is 5.82 Å². The molecule has 0 saturated carbocycles. The molecule has 8 nitrogen and oxygen atoms in total. The van der Waals surface area contributed by atoms with E-state index >= 15 is 0 Å². The second kappa shape index (κ2) is 18.2. The lowest BCUT2D eigenvalue weighted by atomic mass is 10.1. The molecule has 0 bridgehead atoms. The Morgan fingerprint density at radius 1 is 0.207 bits per heavy atom. The minimum Gasteiger partial charge on any atom is -0.309 e. The predicted octanol–water partition coefficient (Wildman–Crippen LogP) is 18.3. The summed E-state index contributed by atoms with van der Waals surface area (Å²) in [6, 6.07) is 99.1. The Hall–Kier alpha value is -11.2. The van der Waals surface area contributed by atoms with E-state index < -0.39 is 0 Å². The number of rotatable bonds is 8. The van der Waals surface area contributed by atoms with Crippen LogP contribution >= 0.6 is 0 Å². The van der Waals surface area contributed by atoms with Crippen molar-refractivity contribution in [3.05, 3.63) is 279 Å². The van der Waals surface area contributed by atoms with Gasteiger partial charge in [-0.05, 0) is 91.0 Å². The summed E-state index contributed by atoms with van der Waals surface area (Å²) < 4.78 is 9.47. The maximum absolute atomic E-state index is 5.59. The fourth-order valence-electron chi connectivity index (χ4n) is 12.8. The molecule has 0 atom stereocenters. The van der Waals surface area contributed by atoms with E-state index in [1.54, 1.807) is 0 Å². The number of fused-ring (bicyclic) bond motifs is 13.